The summed E-state index contributed by atoms with van der Waals surface area (Å²) < 4.78 is 72.0. The number of rotatable bonds is 7. The molecule has 2 aromatic heterocycles. The van der Waals surface area contributed by atoms with Crippen molar-refractivity contribution in [3.05, 3.63) is 107 Å². The van der Waals surface area contributed by atoms with Gasteiger partial charge in [-0.3, -0.25) is 15.2 Å². The summed E-state index contributed by atoms with van der Waals surface area (Å²) in [5, 5.41) is 11.1. The summed E-state index contributed by atoms with van der Waals surface area (Å²) in [6, 6.07) is 10.00. The molecule has 1 fully saturated rings. The van der Waals surface area contributed by atoms with E-state index in [0.29, 0.717) is 11.1 Å². The first-order valence-electron chi connectivity index (χ1n) is 12.2. The van der Waals surface area contributed by atoms with E-state index in [-0.39, 0.29) is 34.8 Å². The zero-order valence-electron chi connectivity index (χ0n) is 20.8. The van der Waals surface area contributed by atoms with E-state index < -0.39 is 35.5 Å². The largest absolute Gasteiger partial charge is 0.433 e. The predicted octanol–water partition coefficient (Wildman–Crippen LogP) is 5.59. The van der Waals surface area contributed by atoms with Gasteiger partial charge in [0.15, 0.2) is 17.3 Å². The van der Waals surface area contributed by atoms with Crippen LogP contribution in [0.1, 0.15) is 46.1 Å². The Hall–Kier alpha value is -4.28. The lowest BCUT2D eigenvalue weighted by molar-refractivity contribution is -0.140. The third kappa shape index (κ3) is 5.62. The number of carbonyl (C=O) groups excluding carboxylic acids is 1. The highest BCUT2D eigenvalue weighted by molar-refractivity contribution is 5.96. The van der Waals surface area contributed by atoms with Crippen LogP contribution in [-0.2, 0) is 19.8 Å². The number of carbonyl (C=O) groups is 1. The van der Waals surface area contributed by atoms with Crippen molar-refractivity contribution < 1.29 is 26.7 Å². The van der Waals surface area contributed by atoms with E-state index in [1.807, 2.05) is 0 Å². The molecule has 2 N–H and O–H groups in total. The number of benzene rings is 2. The molecule has 1 aliphatic rings. The summed E-state index contributed by atoms with van der Waals surface area (Å²) in [6.45, 7) is 0.130. The topological polar surface area (TPSA) is 75.7 Å². The molecule has 5 rings (SSSR count). The molecular weight excluding hydrogens is 517 g/mol. The molecule has 0 bridgehead atoms. The fourth-order valence-electron chi connectivity index (χ4n) is 4.62. The van der Waals surface area contributed by atoms with Crippen molar-refractivity contribution in [1.82, 2.24) is 19.4 Å². The van der Waals surface area contributed by atoms with Crippen LogP contribution in [0.5, 0.6) is 0 Å². The summed E-state index contributed by atoms with van der Waals surface area (Å²) in [5.74, 6) is -2.57. The van der Waals surface area contributed by atoms with Gasteiger partial charge in [0.05, 0.1) is 12.6 Å². The minimum Gasteiger partial charge on any atom is -0.345 e. The van der Waals surface area contributed by atoms with Gasteiger partial charge in [-0.2, -0.15) is 13.2 Å². The molecule has 39 heavy (non-hydrogen) atoms. The van der Waals surface area contributed by atoms with Crippen molar-refractivity contribution in [2.45, 2.75) is 31.6 Å². The van der Waals surface area contributed by atoms with Gasteiger partial charge in [-0.1, -0.05) is 12.1 Å². The Balaban J connectivity index is 1.56. The SMILES string of the molecule is Cn1ccn(Cc2cc(C(=O)NC(c3ccc(F)c(F)c3)C3CC3)cc(-c3cccnc3C(F)(F)F)c2)c1=N. The Morgan fingerprint density at radius 2 is 1.87 bits per heavy atom. The molecule has 1 atom stereocenters. The average molecular weight is 542 g/mol. The number of nitrogens with zero attached hydrogens (tertiary/aromatic N) is 3. The van der Waals surface area contributed by atoms with Gasteiger partial charge in [0.2, 0.25) is 5.62 Å². The van der Waals surface area contributed by atoms with Crippen LogP contribution in [0.4, 0.5) is 22.0 Å². The van der Waals surface area contributed by atoms with E-state index >= 15 is 0 Å². The van der Waals surface area contributed by atoms with Crippen molar-refractivity contribution >= 4 is 5.91 Å². The molecule has 0 spiro atoms. The van der Waals surface area contributed by atoms with Gasteiger partial charge in [0.25, 0.3) is 5.91 Å². The van der Waals surface area contributed by atoms with Gasteiger partial charge >= 0.3 is 6.18 Å². The average Bonchev–Trinajstić information content (AvgIpc) is 3.70. The highest BCUT2D eigenvalue weighted by atomic mass is 19.4. The number of halogens is 5. The van der Waals surface area contributed by atoms with Crippen LogP contribution >= 0.6 is 0 Å². The second kappa shape index (κ2) is 10.1. The monoisotopic (exact) mass is 541 g/mol. The normalized spacial score (nSPS) is 14.3. The molecule has 2 heterocycles. The number of nitrogens with one attached hydrogen (secondary N) is 2. The summed E-state index contributed by atoms with van der Waals surface area (Å²) in [6.07, 6.45) is 1.24. The molecule has 0 saturated heterocycles. The summed E-state index contributed by atoms with van der Waals surface area (Å²) in [7, 11) is 1.69. The number of hydrogen-bond acceptors (Lipinski definition) is 3. The van der Waals surface area contributed by atoms with Crippen molar-refractivity contribution in [3.63, 3.8) is 0 Å². The number of imidazole rings is 1. The van der Waals surface area contributed by atoms with Gasteiger partial charge in [-0.25, -0.2) is 8.78 Å². The first-order valence-corrected chi connectivity index (χ1v) is 12.2. The molecule has 2 aromatic carbocycles. The maximum atomic E-state index is 13.9. The smallest absolute Gasteiger partial charge is 0.345 e. The van der Waals surface area contributed by atoms with E-state index in [1.165, 1.54) is 30.3 Å². The molecule has 11 heteroatoms. The molecule has 0 radical (unpaired) electrons. The Kier molecular flexibility index (Phi) is 6.83. The predicted molar refractivity (Wildman–Crippen MR) is 132 cm³/mol. The summed E-state index contributed by atoms with van der Waals surface area (Å²) in [4.78, 5) is 17.0. The lowest BCUT2D eigenvalue weighted by atomic mass is 9.97. The molecule has 4 aromatic rings. The lowest BCUT2D eigenvalue weighted by Crippen LogP contribution is -2.30. The summed E-state index contributed by atoms with van der Waals surface area (Å²) in [5.41, 5.74) is 0.0225. The van der Waals surface area contributed by atoms with Gasteiger partial charge in [0, 0.05) is 36.8 Å². The molecule has 1 unspecified atom stereocenters. The summed E-state index contributed by atoms with van der Waals surface area (Å²) >= 11 is 0. The van der Waals surface area contributed by atoms with Crippen LogP contribution in [0.3, 0.4) is 0 Å². The van der Waals surface area contributed by atoms with Crippen LogP contribution in [0, 0.1) is 23.0 Å². The molecule has 1 amide bonds. The van der Waals surface area contributed by atoms with Crippen molar-refractivity contribution in [2.75, 3.05) is 0 Å². The van der Waals surface area contributed by atoms with Crippen LogP contribution in [-0.4, -0.2) is 20.0 Å². The second-order valence-electron chi connectivity index (χ2n) is 9.64. The molecule has 6 nitrogen and oxygen atoms in total. The Morgan fingerprint density at radius 3 is 2.51 bits per heavy atom. The third-order valence-corrected chi connectivity index (χ3v) is 6.75. The highest BCUT2D eigenvalue weighted by Crippen LogP contribution is 2.42. The lowest BCUT2D eigenvalue weighted by Gasteiger charge is -2.20. The fraction of sp³-hybridized carbons (Fsp3) is 0.250. The van der Waals surface area contributed by atoms with Crippen LogP contribution in [0.2, 0.25) is 0 Å². The first kappa shape index (κ1) is 26.3. The number of pyridine rings is 1. The van der Waals surface area contributed by atoms with Crippen LogP contribution in [0.15, 0.2) is 67.1 Å². The quantitative estimate of drug-likeness (QED) is 0.299. The third-order valence-electron chi connectivity index (χ3n) is 6.75. The number of hydrogen-bond donors (Lipinski definition) is 2. The Morgan fingerprint density at radius 1 is 1.10 bits per heavy atom. The van der Waals surface area contributed by atoms with E-state index in [0.717, 1.165) is 31.2 Å². The van der Waals surface area contributed by atoms with Crippen molar-refractivity contribution in [2.24, 2.45) is 13.0 Å². The van der Waals surface area contributed by atoms with E-state index in [4.69, 9.17) is 5.41 Å². The van der Waals surface area contributed by atoms with E-state index in [9.17, 15) is 26.7 Å². The number of aromatic nitrogens is 3. The van der Waals surface area contributed by atoms with Crippen molar-refractivity contribution in [3.8, 4) is 11.1 Å². The highest BCUT2D eigenvalue weighted by Gasteiger charge is 2.36. The Labute approximate surface area is 220 Å². The first-order chi connectivity index (χ1) is 18.5. The minimum atomic E-state index is -4.72. The maximum Gasteiger partial charge on any atom is 0.433 e. The molecule has 1 saturated carbocycles. The number of amides is 1. The fourth-order valence-corrected chi connectivity index (χ4v) is 4.62. The molecule has 202 valence electrons. The molecular formula is C28H24F5N5O. The van der Waals surface area contributed by atoms with E-state index in [1.54, 1.807) is 34.6 Å². The zero-order chi connectivity index (χ0) is 27.9. The maximum absolute atomic E-state index is 13.9. The number of alkyl halides is 3. The minimum absolute atomic E-state index is 0.0300. The van der Waals surface area contributed by atoms with Gasteiger partial charge in [0.1, 0.15) is 0 Å². The Bertz CT molecular complexity index is 1600. The second-order valence-corrected chi connectivity index (χ2v) is 9.64. The van der Waals surface area contributed by atoms with Gasteiger partial charge in [-0.15, -0.1) is 0 Å². The van der Waals surface area contributed by atoms with E-state index in [2.05, 4.69) is 10.3 Å². The molecule has 0 aliphatic heterocycles. The van der Waals surface area contributed by atoms with Crippen LogP contribution < -0.4 is 10.9 Å². The van der Waals surface area contributed by atoms with Crippen LogP contribution in [0.25, 0.3) is 11.1 Å². The number of aryl methyl sites for hydroxylation is 1. The van der Waals surface area contributed by atoms with Gasteiger partial charge in [-0.05, 0) is 71.8 Å². The van der Waals surface area contributed by atoms with Crippen molar-refractivity contribution in [1.29, 1.82) is 5.41 Å². The molecule has 1 aliphatic carbocycles. The zero-order valence-corrected chi connectivity index (χ0v) is 20.8. The van der Waals surface area contributed by atoms with Gasteiger partial charge < -0.3 is 14.5 Å². The standard InChI is InChI=1S/C28H24F5N5O/c1-37-9-10-38(27(37)34)15-16-11-19(21-3-2-8-35-25(21)28(31,32)33)13-20(12-16)26(39)36-24(17-4-5-17)18-6-7-22(29)23(30)14-18/h2-3,6-14,17,24,34H,4-5,15H2,1H3,(H,36,39).